The lowest BCUT2D eigenvalue weighted by atomic mass is 9.90. The average Bonchev–Trinajstić information content (AvgIpc) is 3.13. The largest absolute Gasteiger partial charge is 0.342 e. The first kappa shape index (κ1) is 13.4. The molecule has 1 unspecified atom stereocenters. The van der Waals surface area contributed by atoms with E-state index in [0.29, 0.717) is 17.2 Å². The van der Waals surface area contributed by atoms with Crippen LogP contribution in [0.2, 0.25) is 0 Å². The number of amides is 1. The Morgan fingerprint density at radius 3 is 2.58 bits per heavy atom. The first-order chi connectivity index (χ1) is 9.25. The maximum Gasteiger partial charge on any atom is 0.226 e. The maximum atomic E-state index is 12.6. The van der Waals surface area contributed by atoms with Gasteiger partial charge in [0, 0.05) is 19.0 Å². The molecule has 0 radical (unpaired) electrons. The molecule has 3 aliphatic rings. The van der Waals surface area contributed by atoms with E-state index in [2.05, 4.69) is 17.1 Å². The Balaban J connectivity index is 1.50. The monoisotopic (exact) mass is 264 g/mol. The first-order valence-corrected chi connectivity index (χ1v) is 8.25. The van der Waals surface area contributed by atoms with Gasteiger partial charge in [-0.3, -0.25) is 4.79 Å². The third kappa shape index (κ3) is 2.67. The number of carbonyl (C=O) groups is 1. The van der Waals surface area contributed by atoms with Crippen LogP contribution in [-0.2, 0) is 4.79 Å². The van der Waals surface area contributed by atoms with E-state index in [-0.39, 0.29) is 0 Å². The summed E-state index contributed by atoms with van der Waals surface area (Å²) in [6.45, 7) is 6.54. The van der Waals surface area contributed by atoms with Gasteiger partial charge in [-0.05, 0) is 56.5 Å². The van der Waals surface area contributed by atoms with E-state index in [1.807, 2.05) is 0 Å². The zero-order valence-electron chi connectivity index (χ0n) is 12.3. The van der Waals surface area contributed by atoms with Crippen molar-refractivity contribution in [3.8, 4) is 0 Å². The highest BCUT2D eigenvalue weighted by Crippen LogP contribution is 2.59. The van der Waals surface area contributed by atoms with Crippen molar-refractivity contribution < 1.29 is 4.79 Å². The topological polar surface area (TPSA) is 32.3 Å². The Labute approximate surface area is 117 Å². The van der Waals surface area contributed by atoms with Gasteiger partial charge in [-0.15, -0.1) is 0 Å². The summed E-state index contributed by atoms with van der Waals surface area (Å²) in [7, 11) is 0. The average molecular weight is 264 g/mol. The highest BCUT2D eigenvalue weighted by molar-refractivity contribution is 5.82. The molecule has 108 valence electrons. The van der Waals surface area contributed by atoms with Gasteiger partial charge in [0.15, 0.2) is 0 Å². The molecule has 0 aromatic rings. The third-order valence-corrected chi connectivity index (χ3v) is 5.71. The minimum absolute atomic E-state index is 0.373. The van der Waals surface area contributed by atoms with E-state index in [9.17, 15) is 4.79 Å². The minimum atomic E-state index is 0.373. The van der Waals surface area contributed by atoms with Crippen LogP contribution in [0.5, 0.6) is 0 Å². The minimum Gasteiger partial charge on any atom is -0.342 e. The summed E-state index contributed by atoms with van der Waals surface area (Å²) in [6.07, 6.45) is 8.72. The van der Waals surface area contributed by atoms with Crippen LogP contribution >= 0.6 is 0 Å². The second-order valence-electron chi connectivity index (χ2n) is 6.93. The van der Waals surface area contributed by atoms with Gasteiger partial charge in [0.1, 0.15) is 0 Å². The van der Waals surface area contributed by atoms with E-state index in [0.717, 1.165) is 32.1 Å². The molecule has 1 amide bonds. The maximum absolute atomic E-state index is 12.6. The Bertz CT molecular complexity index is 328. The summed E-state index contributed by atoms with van der Waals surface area (Å²) in [5.41, 5.74) is 0.405. The predicted octanol–water partition coefficient (Wildman–Crippen LogP) is 2.41. The van der Waals surface area contributed by atoms with Crippen LogP contribution in [0, 0.1) is 17.3 Å². The highest BCUT2D eigenvalue weighted by Gasteiger charge is 2.58. The summed E-state index contributed by atoms with van der Waals surface area (Å²) < 4.78 is 0. The van der Waals surface area contributed by atoms with Crippen LogP contribution in [0.15, 0.2) is 0 Å². The molecular weight excluding hydrogens is 236 g/mol. The fraction of sp³-hybridized carbons (Fsp3) is 0.938. The second kappa shape index (κ2) is 5.43. The van der Waals surface area contributed by atoms with Crippen molar-refractivity contribution in [1.82, 2.24) is 10.2 Å². The van der Waals surface area contributed by atoms with Crippen molar-refractivity contribution in [1.29, 1.82) is 0 Å². The molecule has 2 aliphatic heterocycles. The molecule has 1 spiro atoms. The summed E-state index contributed by atoms with van der Waals surface area (Å²) in [6, 6.07) is 0. The van der Waals surface area contributed by atoms with Crippen LogP contribution in [0.1, 0.15) is 51.9 Å². The van der Waals surface area contributed by atoms with Gasteiger partial charge < -0.3 is 10.2 Å². The van der Waals surface area contributed by atoms with Gasteiger partial charge in [0.2, 0.25) is 5.91 Å². The normalized spacial score (nSPS) is 30.6. The number of piperidine rings is 2. The number of hydrogen-bond donors (Lipinski definition) is 1. The standard InChI is InChI=1S/C16H28N2O/c1-2-3-13-4-10-18(11-5-13)15(19)14-12-16(14)6-8-17-9-7-16/h13-14,17H,2-12H2,1H3. The second-order valence-corrected chi connectivity index (χ2v) is 6.93. The molecule has 3 rings (SSSR count). The van der Waals surface area contributed by atoms with Crippen molar-refractivity contribution in [3.63, 3.8) is 0 Å². The molecule has 0 aromatic carbocycles. The summed E-state index contributed by atoms with van der Waals surface area (Å²) in [5, 5.41) is 3.41. The fourth-order valence-corrected chi connectivity index (χ4v) is 4.24. The van der Waals surface area contributed by atoms with Crippen molar-refractivity contribution in [2.24, 2.45) is 17.3 Å². The van der Waals surface area contributed by atoms with Crippen molar-refractivity contribution in [2.75, 3.05) is 26.2 Å². The summed E-state index contributed by atoms with van der Waals surface area (Å²) in [5.74, 6) is 1.73. The molecule has 3 heteroatoms. The molecule has 0 aromatic heterocycles. The van der Waals surface area contributed by atoms with Crippen LogP contribution in [0.3, 0.4) is 0 Å². The zero-order chi connectivity index (χ0) is 13.3. The third-order valence-electron chi connectivity index (χ3n) is 5.71. The smallest absolute Gasteiger partial charge is 0.226 e. The van der Waals surface area contributed by atoms with E-state index in [1.54, 1.807) is 0 Å². The Hall–Kier alpha value is -0.570. The van der Waals surface area contributed by atoms with E-state index < -0.39 is 0 Å². The molecule has 1 atom stereocenters. The van der Waals surface area contributed by atoms with Gasteiger partial charge in [0.05, 0.1) is 0 Å². The number of hydrogen-bond acceptors (Lipinski definition) is 2. The fourth-order valence-electron chi connectivity index (χ4n) is 4.24. The lowest BCUT2D eigenvalue weighted by molar-refractivity contribution is -0.135. The molecule has 2 heterocycles. The lowest BCUT2D eigenvalue weighted by Gasteiger charge is -2.33. The summed E-state index contributed by atoms with van der Waals surface area (Å²) >= 11 is 0. The van der Waals surface area contributed by atoms with Gasteiger partial charge in [-0.2, -0.15) is 0 Å². The van der Waals surface area contributed by atoms with Crippen LogP contribution in [0.25, 0.3) is 0 Å². The van der Waals surface area contributed by atoms with Gasteiger partial charge in [-0.25, -0.2) is 0 Å². The Morgan fingerprint density at radius 1 is 1.26 bits per heavy atom. The Morgan fingerprint density at radius 2 is 1.95 bits per heavy atom. The van der Waals surface area contributed by atoms with Gasteiger partial charge >= 0.3 is 0 Å². The zero-order valence-corrected chi connectivity index (χ0v) is 12.3. The number of nitrogens with zero attached hydrogens (tertiary/aromatic N) is 1. The van der Waals surface area contributed by atoms with E-state index in [4.69, 9.17) is 0 Å². The molecule has 3 fully saturated rings. The predicted molar refractivity (Wildman–Crippen MR) is 76.9 cm³/mol. The molecule has 1 aliphatic carbocycles. The summed E-state index contributed by atoms with van der Waals surface area (Å²) in [4.78, 5) is 14.8. The van der Waals surface area contributed by atoms with E-state index >= 15 is 0 Å². The molecule has 2 saturated heterocycles. The van der Waals surface area contributed by atoms with E-state index in [1.165, 1.54) is 44.9 Å². The highest BCUT2D eigenvalue weighted by atomic mass is 16.2. The molecule has 0 bridgehead atoms. The molecule has 1 N–H and O–H groups in total. The van der Waals surface area contributed by atoms with Crippen LogP contribution in [0.4, 0.5) is 0 Å². The first-order valence-electron chi connectivity index (χ1n) is 8.25. The number of rotatable bonds is 3. The van der Waals surface area contributed by atoms with Crippen LogP contribution < -0.4 is 5.32 Å². The Kier molecular flexibility index (Phi) is 3.84. The molecule has 19 heavy (non-hydrogen) atoms. The molecular formula is C16H28N2O. The quantitative estimate of drug-likeness (QED) is 0.849. The van der Waals surface area contributed by atoms with Crippen molar-refractivity contribution in [3.05, 3.63) is 0 Å². The van der Waals surface area contributed by atoms with Crippen molar-refractivity contribution >= 4 is 5.91 Å². The van der Waals surface area contributed by atoms with Crippen molar-refractivity contribution in [2.45, 2.75) is 51.9 Å². The van der Waals surface area contributed by atoms with Gasteiger partial charge in [-0.1, -0.05) is 19.8 Å². The molecule has 3 nitrogen and oxygen atoms in total. The number of carbonyl (C=O) groups excluding carboxylic acids is 1. The number of likely N-dealkylation sites (tertiary alicyclic amines) is 1. The number of nitrogens with one attached hydrogen (secondary N) is 1. The molecule has 1 saturated carbocycles. The SMILES string of the molecule is CCCC1CCN(C(=O)C2CC23CCNCC3)CC1. The lowest BCUT2D eigenvalue weighted by Crippen LogP contribution is -2.41. The van der Waals surface area contributed by atoms with Gasteiger partial charge in [0.25, 0.3) is 0 Å². The van der Waals surface area contributed by atoms with Crippen LogP contribution in [-0.4, -0.2) is 37.0 Å².